The van der Waals surface area contributed by atoms with Crippen molar-refractivity contribution in [2.75, 3.05) is 0 Å². The van der Waals surface area contributed by atoms with Crippen LogP contribution in [0.3, 0.4) is 0 Å². The molecule has 0 N–H and O–H groups in total. The van der Waals surface area contributed by atoms with Crippen molar-refractivity contribution in [2.24, 2.45) is 4.99 Å². The summed E-state index contributed by atoms with van der Waals surface area (Å²) in [4.78, 5) is 9.98. The average molecular weight is 605 g/mol. The first-order valence-corrected chi connectivity index (χ1v) is 13.9. The maximum atomic E-state index is 5.02. The number of fused-ring (bicyclic) bond motifs is 9. The van der Waals surface area contributed by atoms with Gasteiger partial charge in [0.05, 0.1) is 0 Å². The number of hydrogen-bond acceptors (Lipinski definition) is 2. The van der Waals surface area contributed by atoms with Crippen molar-refractivity contribution in [1.29, 1.82) is 0 Å². The molecular formula is C29H20N2Po. The van der Waals surface area contributed by atoms with Crippen LogP contribution in [-0.4, -0.2) is 34.8 Å². The molecule has 0 unspecified atom stereocenters. The summed E-state index contributed by atoms with van der Waals surface area (Å²) in [5, 5.41) is 2.49. The number of aryl methyl sites for hydroxylation is 1. The van der Waals surface area contributed by atoms with Crippen LogP contribution >= 0.6 is 0 Å². The Labute approximate surface area is 199 Å². The summed E-state index contributed by atoms with van der Waals surface area (Å²) in [6.45, 7) is 2.14. The molecule has 3 heteroatoms. The first kappa shape index (κ1) is 19.5. The third kappa shape index (κ3) is 3.38. The molecule has 0 aliphatic carbocycles. The zero-order chi connectivity index (χ0) is 21.5. The van der Waals surface area contributed by atoms with Gasteiger partial charge < -0.3 is 0 Å². The van der Waals surface area contributed by atoms with Crippen LogP contribution in [0.5, 0.6) is 0 Å². The molecule has 2 bridgehead atoms. The van der Waals surface area contributed by atoms with Gasteiger partial charge in [0.15, 0.2) is 0 Å². The van der Waals surface area contributed by atoms with Crippen LogP contribution in [0, 0.1) is 6.92 Å². The third-order valence-electron chi connectivity index (χ3n) is 5.88. The molecule has 2 heterocycles. The second-order valence-corrected chi connectivity index (χ2v) is 12.1. The van der Waals surface area contributed by atoms with E-state index in [0.29, 0.717) is 0 Å². The van der Waals surface area contributed by atoms with E-state index in [4.69, 9.17) is 9.98 Å². The van der Waals surface area contributed by atoms with E-state index in [1.807, 2.05) is 6.21 Å². The van der Waals surface area contributed by atoms with Gasteiger partial charge in [-0.15, -0.1) is 0 Å². The van der Waals surface area contributed by atoms with Crippen LogP contribution in [0.15, 0.2) is 102 Å². The van der Waals surface area contributed by atoms with Crippen molar-refractivity contribution in [3.63, 3.8) is 0 Å². The predicted molar refractivity (Wildman–Crippen MR) is 136 cm³/mol. The Balaban J connectivity index is 1.72. The van der Waals surface area contributed by atoms with Gasteiger partial charge in [-0.1, -0.05) is 0 Å². The van der Waals surface area contributed by atoms with Crippen molar-refractivity contribution >= 4 is 52.7 Å². The van der Waals surface area contributed by atoms with E-state index < -0.39 is 23.6 Å². The molecule has 0 saturated heterocycles. The van der Waals surface area contributed by atoms with Crippen molar-refractivity contribution in [3.8, 4) is 22.4 Å². The molecule has 32 heavy (non-hydrogen) atoms. The number of pyridine rings is 1. The first-order chi connectivity index (χ1) is 15.8. The molecule has 1 aromatic heterocycles. The molecular weight excluding hydrogens is 585 g/mol. The molecule has 152 valence electrons. The first-order valence-electron chi connectivity index (χ1n) is 10.7. The molecule has 1 aliphatic rings. The summed E-state index contributed by atoms with van der Waals surface area (Å²) >= 11 is -1.08. The minimum atomic E-state index is -1.08. The van der Waals surface area contributed by atoms with Crippen LogP contribution < -0.4 is 6.44 Å². The molecule has 6 rings (SSSR count). The Kier molecular flexibility index (Phi) is 4.93. The third-order valence-corrected chi connectivity index (χ3v) is 10.4. The zero-order valence-corrected chi connectivity index (χ0v) is 20.8. The van der Waals surface area contributed by atoms with Gasteiger partial charge in [0.25, 0.3) is 0 Å². The van der Waals surface area contributed by atoms with Crippen LogP contribution in [-0.2, 0) is 0 Å². The summed E-state index contributed by atoms with van der Waals surface area (Å²) in [7, 11) is 0. The van der Waals surface area contributed by atoms with E-state index >= 15 is 0 Å². The van der Waals surface area contributed by atoms with E-state index in [0.717, 1.165) is 17.1 Å². The summed E-state index contributed by atoms with van der Waals surface area (Å²) in [6, 6.07) is 34.9. The van der Waals surface area contributed by atoms with Gasteiger partial charge in [0.1, 0.15) is 0 Å². The van der Waals surface area contributed by atoms with Crippen molar-refractivity contribution in [1.82, 2.24) is 4.98 Å². The van der Waals surface area contributed by atoms with E-state index in [9.17, 15) is 0 Å². The van der Waals surface area contributed by atoms with Gasteiger partial charge in [-0.05, 0) is 0 Å². The van der Waals surface area contributed by atoms with Gasteiger partial charge in [-0.25, -0.2) is 0 Å². The second kappa shape index (κ2) is 8.08. The number of nitrogens with zero attached hydrogens (tertiary/aromatic N) is 2. The quantitative estimate of drug-likeness (QED) is 0.222. The standard InChI is InChI=1S/C29H20N2.Po/c1-21-16-18-25(31-29(21)24-13-6-3-7-14-24)20-30-27-19-17-22-10-8-9-15-26(22)28(27)23-11-4-2-5-12-23;/h2-11,13,15-20H,1H3;. The maximum absolute atomic E-state index is 5.02. The van der Waals surface area contributed by atoms with Gasteiger partial charge >= 0.3 is 200 Å². The summed E-state index contributed by atoms with van der Waals surface area (Å²) < 4.78 is 2.91. The van der Waals surface area contributed by atoms with Crippen molar-refractivity contribution in [2.45, 2.75) is 6.92 Å². The van der Waals surface area contributed by atoms with Gasteiger partial charge in [0, 0.05) is 0 Å². The SMILES string of the molecule is Cc1ccc2nc1-c1cccc[c]1[Po][c]1ccccc1-c1c(ccc3ccccc13)N=C2. The summed E-state index contributed by atoms with van der Waals surface area (Å²) in [6.07, 6.45) is 1.91. The summed E-state index contributed by atoms with van der Waals surface area (Å²) in [5.74, 6) is 0. The fourth-order valence-electron chi connectivity index (χ4n) is 4.31. The molecule has 0 atom stereocenters. The normalized spacial score (nSPS) is 12.3. The number of benzene rings is 4. The second-order valence-electron chi connectivity index (χ2n) is 7.94. The van der Waals surface area contributed by atoms with Gasteiger partial charge in [-0.2, -0.15) is 0 Å². The average Bonchev–Trinajstić information content (AvgIpc) is 2.83. The number of hydrogen-bond donors (Lipinski definition) is 0. The number of aromatic nitrogens is 1. The van der Waals surface area contributed by atoms with E-state index in [1.54, 1.807) is 0 Å². The molecule has 5 aromatic rings. The van der Waals surface area contributed by atoms with Crippen LogP contribution in [0.4, 0.5) is 5.69 Å². The fraction of sp³-hybridized carbons (Fsp3) is 0.0345. The Morgan fingerprint density at radius 2 is 1.38 bits per heavy atom. The monoisotopic (exact) mass is 605 g/mol. The number of aliphatic imine (C=N–C) groups is 1. The van der Waals surface area contributed by atoms with E-state index in [2.05, 4.69) is 104 Å². The molecule has 0 saturated carbocycles. The molecule has 0 radical (unpaired) electrons. The number of rotatable bonds is 0. The Bertz CT molecular complexity index is 1520. The fourth-order valence-corrected chi connectivity index (χ4v) is 8.52. The van der Waals surface area contributed by atoms with E-state index in [1.165, 1.54) is 39.5 Å². The summed E-state index contributed by atoms with van der Waals surface area (Å²) in [5.41, 5.74) is 7.95. The van der Waals surface area contributed by atoms with Crippen molar-refractivity contribution in [3.05, 3.63) is 108 Å². The van der Waals surface area contributed by atoms with Gasteiger partial charge in [-0.3, -0.25) is 0 Å². The predicted octanol–water partition coefficient (Wildman–Crippen LogP) is 5.60. The molecule has 0 amide bonds. The molecule has 1 aliphatic heterocycles. The topological polar surface area (TPSA) is 25.2 Å². The van der Waals surface area contributed by atoms with Crippen LogP contribution in [0.2, 0.25) is 0 Å². The van der Waals surface area contributed by atoms with Crippen LogP contribution in [0.1, 0.15) is 11.3 Å². The molecule has 0 fully saturated rings. The Hall–Kier alpha value is -3.14. The van der Waals surface area contributed by atoms with Gasteiger partial charge in [0.2, 0.25) is 0 Å². The molecule has 2 nitrogen and oxygen atoms in total. The zero-order valence-electron chi connectivity index (χ0n) is 17.6. The Morgan fingerprint density at radius 3 is 2.25 bits per heavy atom. The molecule has 4 aromatic carbocycles. The van der Waals surface area contributed by atoms with Crippen LogP contribution in [0.25, 0.3) is 33.2 Å². The van der Waals surface area contributed by atoms with Crippen molar-refractivity contribution < 1.29 is 0 Å². The molecule has 0 spiro atoms. The van der Waals surface area contributed by atoms with E-state index in [-0.39, 0.29) is 0 Å². The minimum absolute atomic E-state index is 0.887. The Morgan fingerprint density at radius 1 is 0.656 bits per heavy atom.